The van der Waals surface area contributed by atoms with Gasteiger partial charge in [0.05, 0.1) is 6.61 Å². The number of hydrogen-bond donors (Lipinski definition) is 3. The molecule has 1 amide bonds. The molecule has 0 aromatic carbocycles. The maximum absolute atomic E-state index is 11.9. The third-order valence-corrected chi connectivity index (χ3v) is 3.71. The lowest BCUT2D eigenvalue weighted by atomic mass is 10.0. The standard InChI is InChI=1S/C14H21N3O3/c18-10-11-4-1-2-8-17(11)9-7-16-14(20)12-5-3-6-15-13(12)19/h3,5-6,11,18H,1-2,4,7-10H2,(H,15,19)(H,16,20). The van der Waals surface area contributed by atoms with Gasteiger partial charge in [0.15, 0.2) is 0 Å². The summed E-state index contributed by atoms with van der Waals surface area (Å²) < 4.78 is 0. The van der Waals surface area contributed by atoms with Gasteiger partial charge in [0.25, 0.3) is 11.5 Å². The summed E-state index contributed by atoms with van der Waals surface area (Å²) >= 11 is 0. The number of carbonyl (C=O) groups is 1. The van der Waals surface area contributed by atoms with Crippen LogP contribution in [0.3, 0.4) is 0 Å². The average molecular weight is 279 g/mol. The fourth-order valence-corrected chi connectivity index (χ4v) is 2.57. The van der Waals surface area contributed by atoms with Crippen LogP contribution in [0.25, 0.3) is 0 Å². The van der Waals surface area contributed by atoms with Crippen molar-refractivity contribution in [3.63, 3.8) is 0 Å². The number of pyridine rings is 1. The molecule has 0 spiro atoms. The van der Waals surface area contributed by atoms with Crippen molar-refractivity contribution >= 4 is 5.91 Å². The second-order valence-corrected chi connectivity index (χ2v) is 5.04. The van der Waals surface area contributed by atoms with Gasteiger partial charge >= 0.3 is 0 Å². The van der Waals surface area contributed by atoms with Gasteiger partial charge in [-0.1, -0.05) is 6.42 Å². The van der Waals surface area contributed by atoms with E-state index in [9.17, 15) is 14.7 Å². The van der Waals surface area contributed by atoms with Crippen molar-refractivity contribution in [3.05, 3.63) is 34.2 Å². The van der Waals surface area contributed by atoms with Crippen molar-refractivity contribution in [1.82, 2.24) is 15.2 Å². The number of nitrogens with zero attached hydrogens (tertiary/aromatic N) is 1. The predicted molar refractivity (Wildman–Crippen MR) is 75.7 cm³/mol. The summed E-state index contributed by atoms with van der Waals surface area (Å²) in [4.78, 5) is 28.0. The minimum Gasteiger partial charge on any atom is -0.395 e. The van der Waals surface area contributed by atoms with E-state index < -0.39 is 0 Å². The van der Waals surface area contributed by atoms with E-state index in [1.165, 1.54) is 12.3 Å². The quantitative estimate of drug-likeness (QED) is 0.705. The van der Waals surface area contributed by atoms with E-state index in [2.05, 4.69) is 15.2 Å². The number of amides is 1. The Bertz CT molecular complexity index is 500. The molecule has 110 valence electrons. The fourth-order valence-electron chi connectivity index (χ4n) is 2.57. The number of H-pyrrole nitrogens is 1. The van der Waals surface area contributed by atoms with Crippen molar-refractivity contribution in [2.75, 3.05) is 26.2 Å². The van der Waals surface area contributed by atoms with Crippen LogP contribution in [0, 0.1) is 0 Å². The van der Waals surface area contributed by atoms with Gasteiger partial charge in [-0.15, -0.1) is 0 Å². The molecule has 6 nitrogen and oxygen atoms in total. The Hall–Kier alpha value is -1.66. The summed E-state index contributed by atoms with van der Waals surface area (Å²) in [7, 11) is 0. The molecule has 3 N–H and O–H groups in total. The van der Waals surface area contributed by atoms with Crippen LogP contribution in [-0.2, 0) is 0 Å². The first-order valence-corrected chi connectivity index (χ1v) is 7.03. The number of nitrogens with one attached hydrogen (secondary N) is 2. The molecule has 0 aliphatic carbocycles. The second-order valence-electron chi connectivity index (χ2n) is 5.04. The van der Waals surface area contributed by atoms with Crippen molar-refractivity contribution in [3.8, 4) is 0 Å². The van der Waals surface area contributed by atoms with Gasteiger partial charge in [0.2, 0.25) is 0 Å². The molecule has 6 heteroatoms. The molecule has 0 radical (unpaired) electrons. The molecule has 1 aliphatic rings. The van der Waals surface area contributed by atoms with E-state index in [1.807, 2.05) is 0 Å². The number of aromatic nitrogens is 1. The zero-order valence-electron chi connectivity index (χ0n) is 11.5. The molecule has 2 rings (SSSR count). The second kappa shape index (κ2) is 7.21. The molecule has 1 aromatic heterocycles. The summed E-state index contributed by atoms with van der Waals surface area (Å²) in [5, 5.41) is 12.1. The minimum absolute atomic E-state index is 0.129. The van der Waals surface area contributed by atoms with E-state index >= 15 is 0 Å². The Labute approximate surface area is 117 Å². The first-order valence-electron chi connectivity index (χ1n) is 7.03. The van der Waals surface area contributed by atoms with E-state index in [4.69, 9.17) is 0 Å². The molecular formula is C14H21N3O3. The van der Waals surface area contributed by atoms with E-state index in [0.717, 1.165) is 25.8 Å². The third kappa shape index (κ3) is 3.68. The summed E-state index contributed by atoms with van der Waals surface area (Å²) in [6.45, 7) is 2.28. The molecule has 0 bridgehead atoms. The number of aliphatic hydroxyl groups excluding tert-OH is 1. The van der Waals surface area contributed by atoms with Crippen molar-refractivity contribution in [1.29, 1.82) is 0 Å². The van der Waals surface area contributed by atoms with Crippen LogP contribution in [0.4, 0.5) is 0 Å². The zero-order valence-corrected chi connectivity index (χ0v) is 11.5. The number of likely N-dealkylation sites (tertiary alicyclic amines) is 1. The Kier molecular flexibility index (Phi) is 5.31. The molecular weight excluding hydrogens is 258 g/mol. The minimum atomic E-state index is -0.379. The first kappa shape index (κ1) is 14.7. The Morgan fingerprint density at radius 2 is 2.35 bits per heavy atom. The maximum Gasteiger partial charge on any atom is 0.260 e. The third-order valence-electron chi connectivity index (χ3n) is 3.71. The van der Waals surface area contributed by atoms with Gasteiger partial charge in [-0.05, 0) is 31.5 Å². The number of aliphatic hydroxyl groups is 1. The van der Waals surface area contributed by atoms with Gasteiger partial charge in [0.1, 0.15) is 5.56 Å². The lowest BCUT2D eigenvalue weighted by Gasteiger charge is -2.34. The van der Waals surface area contributed by atoms with Crippen LogP contribution in [0.5, 0.6) is 0 Å². The summed E-state index contributed by atoms with van der Waals surface area (Å²) in [6, 6.07) is 3.33. The highest BCUT2D eigenvalue weighted by atomic mass is 16.3. The number of rotatable bonds is 5. The van der Waals surface area contributed by atoms with E-state index in [0.29, 0.717) is 13.1 Å². The molecule has 0 saturated carbocycles. The van der Waals surface area contributed by atoms with Crippen LogP contribution in [0.1, 0.15) is 29.6 Å². The summed E-state index contributed by atoms with van der Waals surface area (Å²) in [6.07, 6.45) is 4.78. The lowest BCUT2D eigenvalue weighted by molar-refractivity contribution is 0.0848. The highest BCUT2D eigenvalue weighted by molar-refractivity contribution is 5.93. The average Bonchev–Trinajstić information content (AvgIpc) is 2.48. The molecule has 1 aromatic rings. The zero-order chi connectivity index (χ0) is 14.4. The van der Waals surface area contributed by atoms with Crippen molar-refractivity contribution in [2.45, 2.75) is 25.3 Å². The molecule has 1 aliphatic heterocycles. The van der Waals surface area contributed by atoms with Crippen LogP contribution < -0.4 is 10.9 Å². The smallest absolute Gasteiger partial charge is 0.260 e. The van der Waals surface area contributed by atoms with Gasteiger partial charge in [0, 0.05) is 25.3 Å². The first-order chi connectivity index (χ1) is 9.72. The van der Waals surface area contributed by atoms with Gasteiger partial charge in [-0.3, -0.25) is 14.5 Å². The Balaban J connectivity index is 1.82. The van der Waals surface area contributed by atoms with Gasteiger partial charge in [-0.2, -0.15) is 0 Å². The summed E-state index contributed by atoms with van der Waals surface area (Å²) in [5.41, 5.74) is -0.249. The van der Waals surface area contributed by atoms with E-state index in [-0.39, 0.29) is 29.7 Å². The molecule has 1 saturated heterocycles. The maximum atomic E-state index is 11.9. The highest BCUT2D eigenvalue weighted by Crippen LogP contribution is 2.15. The number of carbonyl (C=O) groups excluding carboxylic acids is 1. The van der Waals surface area contributed by atoms with Crippen molar-refractivity contribution in [2.24, 2.45) is 0 Å². The van der Waals surface area contributed by atoms with Gasteiger partial charge in [-0.25, -0.2) is 0 Å². The number of aromatic amines is 1. The summed E-state index contributed by atoms with van der Waals surface area (Å²) in [5.74, 6) is -0.357. The van der Waals surface area contributed by atoms with E-state index in [1.54, 1.807) is 6.07 Å². The van der Waals surface area contributed by atoms with Crippen LogP contribution in [0.2, 0.25) is 0 Å². The van der Waals surface area contributed by atoms with Crippen LogP contribution in [-0.4, -0.2) is 53.2 Å². The predicted octanol–water partition coefficient (Wildman–Crippen LogP) is -0.0485. The molecule has 20 heavy (non-hydrogen) atoms. The Morgan fingerprint density at radius 1 is 1.50 bits per heavy atom. The van der Waals surface area contributed by atoms with Crippen LogP contribution in [0.15, 0.2) is 23.1 Å². The van der Waals surface area contributed by atoms with Gasteiger partial charge < -0.3 is 15.4 Å². The number of piperidine rings is 1. The molecule has 1 fully saturated rings. The lowest BCUT2D eigenvalue weighted by Crippen LogP contribution is -2.45. The SMILES string of the molecule is O=C(NCCN1CCCCC1CO)c1ccc[nH]c1=O. The highest BCUT2D eigenvalue weighted by Gasteiger charge is 2.21. The topological polar surface area (TPSA) is 85.4 Å². The Morgan fingerprint density at radius 3 is 3.10 bits per heavy atom. The molecule has 2 heterocycles. The van der Waals surface area contributed by atoms with Crippen molar-refractivity contribution < 1.29 is 9.90 Å². The monoisotopic (exact) mass is 279 g/mol. The normalized spacial score (nSPS) is 19.8. The molecule has 1 atom stereocenters. The largest absolute Gasteiger partial charge is 0.395 e. The van der Waals surface area contributed by atoms with Crippen LogP contribution >= 0.6 is 0 Å². The fraction of sp³-hybridized carbons (Fsp3) is 0.571. The number of hydrogen-bond acceptors (Lipinski definition) is 4. The molecule has 1 unspecified atom stereocenters.